The molecule has 2 rings (SSSR count). The maximum atomic E-state index is 5.72. The first kappa shape index (κ1) is 14.8. The summed E-state index contributed by atoms with van der Waals surface area (Å²) in [5, 5.41) is 4.20. The minimum Gasteiger partial charge on any atom is -0.496 e. The molecule has 2 aromatic rings. The Labute approximate surface area is 126 Å². The van der Waals surface area contributed by atoms with Crippen LogP contribution in [0.3, 0.4) is 0 Å². The van der Waals surface area contributed by atoms with Crippen molar-refractivity contribution in [3.05, 3.63) is 40.1 Å². The van der Waals surface area contributed by atoms with Gasteiger partial charge in [-0.1, -0.05) is 6.07 Å². The van der Waals surface area contributed by atoms with Gasteiger partial charge in [0.15, 0.2) is 5.75 Å². The van der Waals surface area contributed by atoms with E-state index < -0.39 is 0 Å². The summed E-state index contributed by atoms with van der Waals surface area (Å²) in [6.45, 7) is 0. The number of hydrazine groups is 1. The van der Waals surface area contributed by atoms with Gasteiger partial charge in [0.05, 0.1) is 30.9 Å². The molecule has 0 aliphatic rings. The summed E-state index contributed by atoms with van der Waals surface area (Å²) in [5.74, 6) is 7.16. The van der Waals surface area contributed by atoms with Gasteiger partial charge in [-0.15, -0.1) is 0 Å². The Morgan fingerprint density at radius 2 is 2.00 bits per heavy atom. The van der Waals surface area contributed by atoms with Crippen molar-refractivity contribution in [3.8, 4) is 11.5 Å². The molecular weight excluding hydrogens is 324 g/mol. The SMILES string of the molecule is COc1ccc(C(NN)c2c(OC)cnn2C)cc1Br. The van der Waals surface area contributed by atoms with E-state index in [4.69, 9.17) is 15.3 Å². The summed E-state index contributed by atoms with van der Waals surface area (Å²) in [6.07, 6.45) is 1.66. The standard InChI is InChI=1S/C13H17BrN4O2/c1-18-13(11(20-3)7-16-18)12(17-15)8-4-5-10(19-2)9(14)6-8/h4-7,12,17H,15H2,1-3H3. The molecule has 1 atom stereocenters. The number of ether oxygens (including phenoxy) is 2. The van der Waals surface area contributed by atoms with Crippen LogP contribution < -0.4 is 20.7 Å². The van der Waals surface area contributed by atoms with E-state index in [1.807, 2.05) is 25.2 Å². The predicted octanol–water partition coefficient (Wildman–Crippen LogP) is 1.75. The molecule has 108 valence electrons. The summed E-state index contributed by atoms with van der Waals surface area (Å²) in [5.41, 5.74) is 4.63. The molecule has 1 unspecified atom stereocenters. The number of halogens is 1. The van der Waals surface area contributed by atoms with Crippen molar-refractivity contribution in [2.24, 2.45) is 12.9 Å². The third kappa shape index (κ3) is 2.65. The predicted molar refractivity (Wildman–Crippen MR) is 79.6 cm³/mol. The van der Waals surface area contributed by atoms with Gasteiger partial charge in [0.1, 0.15) is 11.4 Å². The van der Waals surface area contributed by atoms with Crippen molar-refractivity contribution < 1.29 is 9.47 Å². The number of aromatic nitrogens is 2. The second-order valence-corrected chi connectivity index (χ2v) is 5.07. The zero-order chi connectivity index (χ0) is 14.7. The van der Waals surface area contributed by atoms with Gasteiger partial charge in [-0.25, -0.2) is 5.43 Å². The Kier molecular flexibility index (Phi) is 4.64. The molecule has 6 nitrogen and oxygen atoms in total. The molecule has 7 heteroatoms. The molecule has 20 heavy (non-hydrogen) atoms. The molecule has 0 aliphatic carbocycles. The second kappa shape index (κ2) is 6.25. The van der Waals surface area contributed by atoms with Crippen molar-refractivity contribution in [3.63, 3.8) is 0 Å². The first-order valence-corrected chi connectivity index (χ1v) is 6.77. The molecular formula is C13H17BrN4O2. The fraction of sp³-hybridized carbons (Fsp3) is 0.308. The van der Waals surface area contributed by atoms with Crippen LogP contribution in [0.5, 0.6) is 11.5 Å². The summed E-state index contributed by atoms with van der Waals surface area (Å²) < 4.78 is 13.2. The smallest absolute Gasteiger partial charge is 0.161 e. The van der Waals surface area contributed by atoms with Gasteiger partial charge < -0.3 is 9.47 Å². The molecule has 0 radical (unpaired) electrons. The van der Waals surface area contributed by atoms with Crippen LogP contribution in [-0.2, 0) is 7.05 Å². The Hall–Kier alpha value is -1.57. The summed E-state index contributed by atoms with van der Waals surface area (Å²) >= 11 is 3.47. The Bertz CT molecular complexity index is 600. The lowest BCUT2D eigenvalue weighted by atomic mass is 10.0. The largest absolute Gasteiger partial charge is 0.496 e. The van der Waals surface area contributed by atoms with Crippen LogP contribution >= 0.6 is 15.9 Å². The number of hydrogen-bond acceptors (Lipinski definition) is 5. The van der Waals surface area contributed by atoms with Gasteiger partial charge in [0, 0.05) is 7.05 Å². The number of nitrogens with one attached hydrogen (secondary N) is 1. The van der Waals surface area contributed by atoms with E-state index in [2.05, 4.69) is 26.5 Å². The van der Waals surface area contributed by atoms with Crippen molar-refractivity contribution in [1.82, 2.24) is 15.2 Å². The topological polar surface area (TPSA) is 74.3 Å². The lowest BCUT2D eigenvalue weighted by Crippen LogP contribution is -2.30. The van der Waals surface area contributed by atoms with E-state index in [-0.39, 0.29) is 6.04 Å². The average molecular weight is 341 g/mol. The molecule has 1 aromatic heterocycles. The molecule has 0 amide bonds. The van der Waals surface area contributed by atoms with Crippen LogP contribution in [0.2, 0.25) is 0 Å². The Morgan fingerprint density at radius 1 is 1.30 bits per heavy atom. The second-order valence-electron chi connectivity index (χ2n) is 4.22. The zero-order valence-corrected chi connectivity index (χ0v) is 13.1. The minimum absolute atomic E-state index is 0.236. The molecule has 0 spiro atoms. The maximum absolute atomic E-state index is 5.72. The van der Waals surface area contributed by atoms with E-state index >= 15 is 0 Å². The van der Waals surface area contributed by atoms with Crippen LogP contribution in [0, 0.1) is 0 Å². The van der Waals surface area contributed by atoms with Crippen molar-refractivity contribution in [2.45, 2.75) is 6.04 Å². The molecule has 0 saturated carbocycles. The maximum Gasteiger partial charge on any atom is 0.161 e. The van der Waals surface area contributed by atoms with Gasteiger partial charge in [-0.05, 0) is 33.6 Å². The number of aryl methyl sites for hydroxylation is 1. The van der Waals surface area contributed by atoms with Crippen LogP contribution in [0.4, 0.5) is 0 Å². The summed E-state index contributed by atoms with van der Waals surface area (Å²) in [7, 11) is 5.08. The number of hydrogen-bond donors (Lipinski definition) is 2. The summed E-state index contributed by atoms with van der Waals surface area (Å²) in [6, 6.07) is 5.54. The molecule has 1 heterocycles. The molecule has 0 aliphatic heterocycles. The molecule has 3 N–H and O–H groups in total. The van der Waals surface area contributed by atoms with Crippen molar-refractivity contribution in [1.29, 1.82) is 0 Å². The summed E-state index contributed by atoms with van der Waals surface area (Å²) in [4.78, 5) is 0. The third-order valence-electron chi connectivity index (χ3n) is 3.12. The van der Waals surface area contributed by atoms with Gasteiger partial charge in [0.2, 0.25) is 0 Å². The van der Waals surface area contributed by atoms with Gasteiger partial charge in [0.25, 0.3) is 0 Å². The molecule has 0 bridgehead atoms. The Morgan fingerprint density at radius 3 is 2.55 bits per heavy atom. The fourth-order valence-electron chi connectivity index (χ4n) is 2.11. The minimum atomic E-state index is -0.236. The number of nitrogens with zero attached hydrogens (tertiary/aromatic N) is 2. The first-order chi connectivity index (χ1) is 9.62. The average Bonchev–Trinajstić information content (AvgIpc) is 2.81. The van der Waals surface area contributed by atoms with E-state index in [1.54, 1.807) is 25.1 Å². The highest BCUT2D eigenvalue weighted by atomic mass is 79.9. The number of nitrogens with two attached hydrogens (primary N) is 1. The van der Waals surface area contributed by atoms with E-state index in [0.717, 1.165) is 21.5 Å². The van der Waals surface area contributed by atoms with Gasteiger partial charge in [-0.3, -0.25) is 10.5 Å². The lowest BCUT2D eigenvalue weighted by Gasteiger charge is -2.19. The highest BCUT2D eigenvalue weighted by Gasteiger charge is 2.22. The van der Waals surface area contributed by atoms with Gasteiger partial charge >= 0.3 is 0 Å². The number of rotatable bonds is 5. The fourth-order valence-corrected chi connectivity index (χ4v) is 2.67. The van der Waals surface area contributed by atoms with E-state index in [1.165, 1.54) is 0 Å². The highest BCUT2D eigenvalue weighted by Crippen LogP contribution is 2.33. The van der Waals surface area contributed by atoms with Crippen molar-refractivity contribution in [2.75, 3.05) is 14.2 Å². The molecule has 1 aromatic carbocycles. The highest BCUT2D eigenvalue weighted by molar-refractivity contribution is 9.10. The van der Waals surface area contributed by atoms with Crippen LogP contribution in [0.1, 0.15) is 17.3 Å². The zero-order valence-electron chi connectivity index (χ0n) is 11.6. The van der Waals surface area contributed by atoms with E-state index in [9.17, 15) is 0 Å². The van der Waals surface area contributed by atoms with E-state index in [0.29, 0.717) is 5.75 Å². The molecule has 0 saturated heterocycles. The van der Waals surface area contributed by atoms with Crippen LogP contribution in [-0.4, -0.2) is 24.0 Å². The monoisotopic (exact) mass is 340 g/mol. The quantitative estimate of drug-likeness (QED) is 0.640. The van der Waals surface area contributed by atoms with Gasteiger partial charge in [-0.2, -0.15) is 5.10 Å². The first-order valence-electron chi connectivity index (χ1n) is 5.97. The normalized spacial score (nSPS) is 12.2. The number of methoxy groups -OCH3 is 2. The molecule has 0 fully saturated rings. The Balaban J connectivity index is 2.47. The third-order valence-corrected chi connectivity index (χ3v) is 3.74. The van der Waals surface area contributed by atoms with Crippen molar-refractivity contribution >= 4 is 15.9 Å². The number of benzene rings is 1. The van der Waals surface area contributed by atoms with Crippen LogP contribution in [0.15, 0.2) is 28.9 Å². The lowest BCUT2D eigenvalue weighted by molar-refractivity contribution is 0.400. The van der Waals surface area contributed by atoms with Crippen LogP contribution in [0.25, 0.3) is 0 Å².